The van der Waals surface area contributed by atoms with Crippen molar-refractivity contribution in [1.82, 2.24) is 9.21 Å². The third kappa shape index (κ3) is 4.55. The van der Waals surface area contributed by atoms with Gasteiger partial charge in [0.2, 0.25) is 10.0 Å². The second-order valence-corrected chi connectivity index (χ2v) is 9.00. The topological polar surface area (TPSA) is 87.0 Å². The lowest BCUT2D eigenvalue weighted by atomic mass is 10.2. The minimum absolute atomic E-state index is 0.109. The monoisotopic (exact) mass is 422 g/mol. The largest absolute Gasteiger partial charge is 0.365 e. The summed E-state index contributed by atoms with van der Waals surface area (Å²) in [4.78, 5) is 14.5. The zero-order valence-electron chi connectivity index (χ0n) is 16.3. The quantitative estimate of drug-likeness (QED) is 0.525. The maximum atomic E-state index is 13.9. The molecule has 0 bridgehead atoms. The summed E-state index contributed by atoms with van der Waals surface area (Å²) in [6.45, 7) is 1.98. The minimum atomic E-state index is -3.83. The Kier molecular flexibility index (Phi) is 6.15. The van der Waals surface area contributed by atoms with Gasteiger partial charge in [-0.2, -0.15) is 4.31 Å². The zero-order valence-corrected chi connectivity index (χ0v) is 17.1. The van der Waals surface area contributed by atoms with E-state index in [1.54, 1.807) is 25.2 Å². The Balaban J connectivity index is 1.91. The van der Waals surface area contributed by atoms with Crippen molar-refractivity contribution in [2.24, 2.45) is 0 Å². The molecule has 0 aromatic heterocycles. The van der Waals surface area contributed by atoms with E-state index in [1.165, 1.54) is 27.4 Å². The molecule has 1 aliphatic rings. The maximum Gasteiger partial charge on any atom is 0.293 e. The van der Waals surface area contributed by atoms with E-state index in [2.05, 4.69) is 0 Å². The van der Waals surface area contributed by atoms with E-state index in [-0.39, 0.29) is 22.8 Å². The van der Waals surface area contributed by atoms with Crippen LogP contribution >= 0.6 is 0 Å². The van der Waals surface area contributed by atoms with E-state index in [4.69, 9.17) is 0 Å². The predicted octanol–water partition coefficient (Wildman–Crippen LogP) is 2.31. The van der Waals surface area contributed by atoms with Crippen molar-refractivity contribution < 1.29 is 17.7 Å². The number of hydrogen-bond donors (Lipinski definition) is 0. The van der Waals surface area contributed by atoms with Crippen LogP contribution in [-0.2, 0) is 16.6 Å². The second kappa shape index (κ2) is 8.44. The number of nitro benzene ring substituents is 1. The molecule has 0 amide bonds. The van der Waals surface area contributed by atoms with Gasteiger partial charge in [0.1, 0.15) is 11.5 Å². The van der Waals surface area contributed by atoms with Gasteiger partial charge < -0.3 is 9.80 Å². The fraction of sp³-hybridized carbons (Fsp3) is 0.368. The highest BCUT2D eigenvalue weighted by molar-refractivity contribution is 7.89. The number of rotatable bonds is 6. The van der Waals surface area contributed by atoms with Gasteiger partial charge >= 0.3 is 0 Å². The standard InChI is InChI=1S/C19H23FN4O4S/c1-21-9-11-23(12-10-21)29(27,28)16-7-8-18(19(13-16)24(25)26)22(2)14-15-5-3-4-6-17(15)20/h3-8,13H,9-12,14H2,1-2H3. The molecule has 0 radical (unpaired) electrons. The molecule has 1 fully saturated rings. The van der Waals surface area contributed by atoms with Crippen molar-refractivity contribution >= 4 is 21.4 Å². The summed E-state index contributed by atoms with van der Waals surface area (Å²) in [5, 5.41) is 11.6. The first-order valence-electron chi connectivity index (χ1n) is 9.12. The average molecular weight is 422 g/mol. The fourth-order valence-corrected chi connectivity index (χ4v) is 4.72. The van der Waals surface area contributed by atoms with Gasteiger partial charge in [-0.25, -0.2) is 12.8 Å². The third-order valence-corrected chi connectivity index (χ3v) is 6.91. The molecule has 0 saturated carbocycles. The zero-order chi connectivity index (χ0) is 21.2. The highest BCUT2D eigenvalue weighted by Gasteiger charge is 2.30. The first kappa shape index (κ1) is 21.2. The molecule has 1 saturated heterocycles. The molecule has 8 nitrogen and oxygen atoms in total. The molecule has 1 aliphatic heterocycles. The molecule has 0 atom stereocenters. The molecule has 0 unspecified atom stereocenters. The predicted molar refractivity (Wildman–Crippen MR) is 108 cm³/mol. The number of likely N-dealkylation sites (N-methyl/N-ethyl adjacent to an activating group) is 1. The first-order valence-corrected chi connectivity index (χ1v) is 10.6. The molecule has 2 aromatic rings. The molecule has 1 heterocycles. The van der Waals surface area contributed by atoms with Gasteiger partial charge in [0.25, 0.3) is 5.69 Å². The Morgan fingerprint density at radius 3 is 2.41 bits per heavy atom. The van der Waals surface area contributed by atoms with Gasteiger partial charge in [-0.15, -0.1) is 0 Å². The fourth-order valence-electron chi connectivity index (χ4n) is 3.28. The van der Waals surface area contributed by atoms with Gasteiger partial charge in [0, 0.05) is 51.4 Å². The van der Waals surface area contributed by atoms with Gasteiger partial charge in [-0.05, 0) is 25.2 Å². The number of nitro groups is 1. The molecule has 0 N–H and O–H groups in total. The van der Waals surface area contributed by atoms with E-state index in [9.17, 15) is 22.9 Å². The number of halogens is 1. The number of hydrogen-bond acceptors (Lipinski definition) is 6. The van der Waals surface area contributed by atoms with Gasteiger partial charge in [-0.1, -0.05) is 18.2 Å². The van der Waals surface area contributed by atoms with Gasteiger partial charge in [0.15, 0.2) is 0 Å². The number of anilines is 1. The summed E-state index contributed by atoms with van der Waals surface area (Å²) >= 11 is 0. The molecule has 0 spiro atoms. The molecular formula is C19H23FN4O4S. The number of benzene rings is 2. The minimum Gasteiger partial charge on any atom is -0.365 e. The maximum absolute atomic E-state index is 13.9. The van der Waals surface area contributed by atoms with Crippen molar-refractivity contribution in [1.29, 1.82) is 0 Å². The van der Waals surface area contributed by atoms with Crippen LogP contribution in [0.4, 0.5) is 15.8 Å². The number of nitrogens with zero attached hydrogens (tertiary/aromatic N) is 4. The van der Waals surface area contributed by atoms with Crippen LogP contribution in [0, 0.1) is 15.9 Å². The molecule has 2 aromatic carbocycles. The van der Waals surface area contributed by atoms with Crippen molar-refractivity contribution in [3.05, 3.63) is 64.0 Å². The van der Waals surface area contributed by atoms with Crippen LogP contribution < -0.4 is 4.90 Å². The molecule has 156 valence electrons. The molecule has 3 rings (SSSR count). The summed E-state index contributed by atoms with van der Waals surface area (Å²) < 4.78 is 41.1. The lowest BCUT2D eigenvalue weighted by Crippen LogP contribution is -2.47. The van der Waals surface area contributed by atoms with Crippen LogP contribution in [-0.4, -0.2) is 62.8 Å². The van der Waals surface area contributed by atoms with Crippen molar-refractivity contribution in [3.63, 3.8) is 0 Å². The van der Waals surface area contributed by atoms with Crippen LogP contribution in [0.3, 0.4) is 0 Å². The molecule has 29 heavy (non-hydrogen) atoms. The normalized spacial score (nSPS) is 16.0. The molecule has 10 heteroatoms. The van der Waals surface area contributed by atoms with Crippen molar-refractivity contribution in [2.75, 3.05) is 45.2 Å². The number of sulfonamides is 1. The lowest BCUT2D eigenvalue weighted by Gasteiger charge is -2.31. The molecular weight excluding hydrogens is 399 g/mol. The van der Waals surface area contributed by atoms with Crippen LogP contribution in [0.5, 0.6) is 0 Å². The van der Waals surface area contributed by atoms with Gasteiger partial charge in [0.05, 0.1) is 9.82 Å². The summed E-state index contributed by atoms with van der Waals surface area (Å²) in [6.07, 6.45) is 0. The second-order valence-electron chi connectivity index (χ2n) is 7.06. The van der Waals surface area contributed by atoms with E-state index in [0.717, 1.165) is 6.07 Å². The van der Waals surface area contributed by atoms with Gasteiger partial charge in [-0.3, -0.25) is 10.1 Å². The van der Waals surface area contributed by atoms with E-state index < -0.39 is 20.8 Å². The Hall–Kier alpha value is -2.56. The molecule has 0 aliphatic carbocycles. The SMILES string of the molecule is CN1CCN(S(=O)(=O)c2ccc(N(C)Cc3ccccc3F)c([N+](=O)[O-])c2)CC1. The Bertz CT molecular complexity index is 1010. The number of piperazine rings is 1. The van der Waals surface area contributed by atoms with E-state index in [1.807, 2.05) is 11.9 Å². The van der Waals surface area contributed by atoms with Crippen LogP contribution in [0.2, 0.25) is 0 Å². The highest BCUT2D eigenvalue weighted by Crippen LogP contribution is 2.32. The van der Waals surface area contributed by atoms with Crippen LogP contribution in [0.1, 0.15) is 5.56 Å². The highest BCUT2D eigenvalue weighted by atomic mass is 32.2. The summed E-state index contributed by atoms with van der Waals surface area (Å²) in [6, 6.07) is 10.0. The Morgan fingerprint density at radius 2 is 1.79 bits per heavy atom. The van der Waals surface area contributed by atoms with Crippen molar-refractivity contribution in [3.8, 4) is 0 Å². The van der Waals surface area contributed by atoms with E-state index in [0.29, 0.717) is 31.7 Å². The smallest absolute Gasteiger partial charge is 0.293 e. The Morgan fingerprint density at radius 1 is 1.14 bits per heavy atom. The van der Waals surface area contributed by atoms with Crippen molar-refractivity contribution in [2.45, 2.75) is 11.4 Å². The Labute approximate surface area is 169 Å². The van der Waals surface area contributed by atoms with Crippen LogP contribution in [0.15, 0.2) is 47.4 Å². The lowest BCUT2D eigenvalue weighted by molar-refractivity contribution is -0.384. The first-order chi connectivity index (χ1) is 13.7. The summed E-state index contributed by atoms with van der Waals surface area (Å²) in [7, 11) is -0.314. The summed E-state index contributed by atoms with van der Waals surface area (Å²) in [5.41, 5.74) is 0.271. The van der Waals surface area contributed by atoms with Crippen LogP contribution in [0.25, 0.3) is 0 Å². The average Bonchev–Trinajstić information content (AvgIpc) is 2.69. The van der Waals surface area contributed by atoms with E-state index >= 15 is 0 Å². The summed E-state index contributed by atoms with van der Waals surface area (Å²) in [5.74, 6) is -0.406. The third-order valence-electron chi connectivity index (χ3n) is 5.02.